The van der Waals surface area contributed by atoms with E-state index in [2.05, 4.69) is 35.0 Å². The number of ether oxygens (including phenoxy) is 1. The average Bonchev–Trinajstić information content (AvgIpc) is 2.87. The minimum atomic E-state index is 0.553. The molecule has 2 aliphatic rings. The van der Waals surface area contributed by atoms with Gasteiger partial charge in [-0.25, -0.2) is 0 Å². The Bertz CT molecular complexity index is 565. The fraction of sp³-hybridized carbons (Fsp3) is 0.500. The average molecular weight is 241 g/mol. The van der Waals surface area contributed by atoms with E-state index in [9.17, 15) is 0 Å². The second kappa shape index (κ2) is 4.04. The van der Waals surface area contributed by atoms with Gasteiger partial charge in [0.2, 0.25) is 0 Å². The Balaban J connectivity index is 1.78. The van der Waals surface area contributed by atoms with Crippen LogP contribution in [-0.4, -0.2) is 11.2 Å². The predicted molar refractivity (Wildman–Crippen MR) is 73.0 cm³/mol. The van der Waals surface area contributed by atoms with Crippen molar-refractivity contribution < 1.29 is 4.74 Å². The topological polar surface area (TPSA) is 14.2 Å². The van der Waals surface area contributed by atoms with Crippen LogP contribution in [0, 0.1) is 5.92 Å². The summed E-state index contributed by atoms with van der Waals surface area (Å²) in [5.41, 5.74) is 1.30. The lowest BCUT2D eigenvalue weighted by Crippen LogP contribution is -2.29. The minimum Gasteiger partial charge on any atom is -0.489 e. The molecule has 1 aromatic carbocycles. The molecular formula is C16H19NO. The molecule has 4 rings (SSSR count). The second-order valence-corrected chi connectivity index (χ2v) is 5.69. The van der Waals surface area contributed by atoms with Crippen LogP contribution in [0.1, 0.15) is 38.1 Å². The molecule has 18 heavy (non-hydrogen) atoms. The monoisotopic (exact) mass is 241 g/mol. The molecule has 1 atom stereocenters. The maximum Gasteiger partial charge on any atom is 0.143 e. The molecule has 0 spiro atoms. The summed E-state index contributed by atoms with van der Waals surface area (Å²) >= 11 is 0. The lowest BCUT2D eigenvalue weighted by atomic mass is 9.83. The first-order chi connectivity index (χ1) is 8.93. The van der Waals surface area contributed by atoms with Crippen molar-refractivity contribution in [3.8, 4) is 5.75 Å². The smallest absolute Gasteiger partial charge is 0.143 e. The molecule has 2 heterocycles. The van der Waals surface area contributed by atoms with Gasteiger partial charge in [-0.1, -0.05) is 31.4 Å². The molecule has 1 saturated carbocycles. The van der Waals surface area contributed by atoms with Crippen molar-refractivity contribution in [1.82, 2.24) is 4.57 Å². The lowest BCUT2D eigenvalue weighted by Gasteiger charge is -2.34. The van der Waals surface area contributed by atoms with Gasteiger partial charge >= 0.3 is 0 Å². The number of hydrogen-bond acceptors (Lipinski definition) is 1. The maximum atomic E-state index is 6.00. The van der Waals surface area contributed by atoms with Crippen LogP contribution in [0.25, 0.3) is 10.9 Å². The summed E-state index contributed by atoms with van der Waals surface area (Å²) in [6.45, 7) is 0.853. The SMILES string of the molecule is c1cc2c3c(c1)ccn3[C@@H](C1CCCCC1)CO2. The van der Waals surface area contributed by atoms with E-state index >= 15 is 0 Å². The van der Waals surface area contributed by atoms with E-state index in [1.807, 2.05) is 0 Å². The first-order valence-corrected chi connectivity index (χ1v) is 7.16. The molecule has 0 N–H and O–H groups in total. The van der Waals surface area contributed by atoms with Gasteiger partial charge in [0.05, 0.1) is 11.6 Å². The highest BCUT2D eigenvalue weighted by Gasteiger charge is 2.29. The third kappa shape index (κ3) is 1.48. The number of hydrogen-bond donors (Lipinski definition) is 0. The summed E-state index contributed by atoms with van der Waals surface area (Å²) in [4.78, 5) is 0. The van der Waals surface area contributed by atoms with Gasteiger partial charge in [-0.2, -0.15) is 0 Å². The number of aromatic nitrogens is 1. The highest BCUT2D eigenvalue weighted by atomic mass is 16.5. The Morgan fingerprint density at radius 1 is 1.06 bits per heavy atom. The van der Waals surface area contributed by atoms with Crippen LogP contribution in [0.3, 0.4) is 0 Å². The van der Waals surface area contributed by atoms with Crippen LogP contribution in [0.15, 0.2) is 30.5 Å². The molecule has 2 heteroatoms. The fourth-order valence-electron chi connectivity index (χ4n) is 3.72. The van der Waals surface area contributed by atoms with E-state index < -0.39 is 0 Å². The van der Waals surface area contributed by atoms with E-state index in [1.54, 1.807) is 0 Å². The molecule has 0 amide bonds. The summed E-state index contributed by atoms with van der Waals surface area (Å²) in [7, 11) is 0. The lowest BCUT2D eigenvalue weighted by molar-refractivity contribution is 0.158. The normalized spacial score (nSPS) is 24.1. The molecule has 1 aliphatic heterocycles. The van der Waals surface area contributed by atoms with Gasteiger partial charge in [0.25, 0.3) is 0 Å². The fourth-order valence-corrected chi connectivity index (χ4v) is 3.72. The van der Waals surface area contributed by atoms with E-state index in [-0.39, 0.29) is 0 Å². The summed E-state index contributed by atoms with van der Waals surface area (Å²) in [5.74, 6) is 1.87. The third-order valence-electron chi connectivity index (χ3n) is 4.66. The van der Waals surface area contributed by atoms with Crippen LogP contribution >= 0.6 is 0 Å². The summed E-state index contributed by atoms with van der Waals surface area (Å²) in [6.07, 6.45) is 9.21. The van der Waals surface area contributed by atoms with Crippen molar-refractivity contribution in [2.24, 2.45) is 5.92 Å². The zero-order valence-electron chi connectivity index (χ0n) is 10.6. The third-order valence-corrected chi connectivity index (χ3v) is 4.66. The first-order valence-electron chi connectivity index (χ1n) is 7.16. The molecule has 0 radical (unpaired) electrons. The van der Waals surface area contributed by atoms with Crippen molar-refractivity contribution in [3.05, 3.63) is 30.5 Å². The second-order valence-electron chi connectivity index (χ2n) is 5.69. The Kier molecular flexibility index (Phi) is 2.35. The van der Waals surface area contributed by atoms with Crippen LogP contribution in [-0.2, 0) is 0 Å². The van der Waals surface area contributed by atoms with Crippen molar-refractivity contribution in [2.75, 3.05) is 6.61 Å². The van der Waals surface area contributed by atoms with Crippen molar-refractivity contribution in [2.45, 2.75) is 38.1 Å². The highest BCUT2D eigenvalue weighted by molar-refractivity contribution is 5.86. The van der Waals surface area contributed by atoms with Crippen molar-refractivity contribution in [3.63, 3.8) is 0 Å². The largest absolute Gasteiger partial charge is 0.489 e. The zero-order valence-corrected chi connectivity index (χ0v) is 10.6. The van der Waals surface area contributed by atoms with E-state index in [0.717, 1.165) is 18.3 Å². The van der Waals surface area contributed by atoms with E-state index in [4.69, 9.17) is 4.74 Å². The first kappa shape index (κ1) is 10.5. The Morgan fingerprint density at radius 3 is 2.83 bits per heavy atom. The van der Waals surface area contributed by atoms with Crippen LogP contribution in [0.2, 0.25) is 0 Å². The number of benzene rings is 1. The van der Waals surface area contributed by atoms with Crippen molar-refractivity contribution in [1.29, 1.82) is 0 Å². The van der Waals surface area contributed by atoms with Crippen LogP contribution in [0.5, 0.6) is 5.75 Å². The van der Waals surface area contributed by atoms with E-state index in [0.29, 0.717) is 6.04 Å². The van der Waals surface area contributed by atoms with Gasteiger partial charge in [-0.3, -0.25) is 0 Å². The van der Waals surface area contributed by atoms with Gasteiger partial charge < -0.3 is 9.30 Å². The summed E-state index contributed by atoms with van der Waals surface area (Å²) < 4.78 is 8.48. The number of rotatable bonds is 1. The summed E-state index contributed by atoms with van der Waals surface area (Å²) in [5, 5.41) is 1.31. The zero-order chi connectivity index (χ0) is 11.9. The molecule has 2 aromatic rings. The van der Waals surface area contributed by atoms with Crippen molar-refractivity contribution >= 4 is 10.9 Å². The predicted octanol–water partition coefficient (Wildman–Crippen LogP) is 4.16. The quantitative estimate of drug-likeness (QED) is 0.731. The Labute approximate surface area is 108 Å². The van der Waals surface area contributed by atoms with Crippen LogP contribution in [0.4, 0.5) is 0 Å². The molecule has 0 bridgehead atoms. The van der Waals surface area contributed by atoms with Gasteiger partial charge in [0.1, 0.15) is 12.4 Å². The Morgan fingerprint density at radius 2 is 1.94 bits per heavy atom. The van der Waals surface area contributed by atoms with Gasteiger partial charge in [-0.15, -0.1) is 0 Å². The van der Waals surface area contributed by atoms with Crippen LogP contribution < -0.4 is 4.74 Å². The molecule has 0 saturated heterocycles. The molecule has 1 fully saturated rings. The molecule has 0 unspecified atom stereocenters. The highest BCUT2D eigenvalue weighted by Crippen LogP contribution is 2.40. The molecule has 94 valence electrons. The minimum absolute atomic E-state index is 0.553. The molecule has 1 aliphatic carbocycles. The summed E-state index contributed by atoms with van der Waals surface area (Å²) in [6, 6.07) is 9.14. The Hall–Kier alpha value is -1.44. The van der Waals surface area contributed by atoms with Gasteiger partial charge in [-0.05, 0) is 30.9 Å². The maximum absolute atomic E-state index is 6.00. The van der Waals surface area contributed by atoms with Gasteiger partial charge in [0.15, 0.2) is 0 Å². The number of nitrogens with zero attached hydrogens (tertiary/aromatic N) is 1. The van der Waals surface area contributed by atoms with E-state index in [1.165, 1.54) is 43.0 Å². The molecule has 2 nitrogen and oxygen atoms in total. The number of para-hydroxylation sites is 1. The van der Waals surface area contributed by atoms with Gasteiger partial charge in [0, 0.05) is 11.6 Å². The standard InChI is InChI=1S/C16H19NO/c1-2-5-12(6-3-1)14-11-18-15-8-4-7-13-9-10-17(14)16(13)15/h4,7-10,12,14H,1-3,5-6,11H2/t14-/m1/s1. The molecular weight excluding hydrogens is 222 g/mol. The molecule has 1 aromatic heterocycles.